The highest BCUT2D eigenvalue weighted by Crippen LogP contribution is 2.35. The van der Waals surface area contributed by atoms with E-state index >= 15 is 0 Å². The van der Waals surface area contributed by atoms with E-state index in [0.717, 1.165) is 12.0 Å². The number of hydrogen-bond acceptors (Lipinski definition) is 2. The molecule has 0 aliphatic carbocycles. The second-order valence-corrected chi connectivity index (χ2v) is 4.13. The third-order valence-corrected chi connectivity index (χ3v) is 2.59. The van der Waals surface area contributed by atoms with Gasteiger partial charge in [-0.1, -0.05) is 11.6 Å². The number of carbonyl (C=O) groups excluding carboxylic acids is 1. The molecule has 0 bridgehead atoms. The average Bonchev–Trinajstić information content (AvgIpc) is 2.42. The molecule has 0 amide bonds. The predicted octanol–water partition coefficient (Wildman–Crippen LogP) is 3.04. The standard InChI is InChI=1S/C10H8Cl2O2/c1-5-2-6-3-7(11)4-8(10(12)13)9(6)14-5/h3-5H,2H2,1H3. The van der Waals surface area contributed by atoms with Gasteiger partial charge in [0.15, 0.2) is 0 Å². The predicted molar refractivity (Wildman–Crippen MR) is 55.4 cm³/mol. The van der Waals surface area contributed by atoms with E-state index in [2.05, 4.69) is 0 Å². The van der Waals surface area contributed by atoms with Gasteiger partial charge in [-0.05, 0) is 30.7 Å². The van der Waals surface area contributed by atoms with Crippen LogP contribution in [-0.4, -0.2) is 11.3 Å². The molecule has 2 rings (SSSR count). The van der Waals surface area contributed by atoms with E-state index in [4.69, 9.17) is 27.9 Å². The van der Waals surface area contributed by atoms with Crippen LogP contribution in [0.3, 0.4) is 0 Å². The largest absolute Gasteiger partial charge is 0.489 e. The molecule has 74 valence electrons. The maximum absolute atomic E-state index is 11.1. The van der Waals surface area contributed by atoms with Gasteiger partial charge in [0.2, 0.25) is 0 Å². The van der Waals surface area contributed by atoms with Gasteiger partial charge in [0, 0.05) is 17.0 Å². The number of hydrogen-bond donors (Lipinski definition) is 0. The summed E-state index contributed by atoms with van der Waals surface area (Å²) in [5, 5.41) is -0.0108. The monoisotopic (exact) mass is 230 g/mol. The Balaban J connectivity index is 2.57. The van der Waals surface area contributed by atoms with Gasteiger partial charge in [-0.3, -0.25) is 4.79 Å². The van der Waals surface area contributed by atoms with Crippen molar-refractivity contribution in [1.82, 2.24) is 0 Å². The minimum Gasteiger partial charge on any atom is -0.489 e. The van der Waals surface area contributed by atoms with Crippen molar-refractivity contribution >= 4 is 28.4 Å². The molecule has 0 saturated heterocycles. The lowest BCUT2D eigenvalue weighted by Crippen LogP contribution is -2.06. The first-order chi connectivity index (χ1) is 6.58. The molecule has 4 heteroatoms. The Labute approximate surface area is 91.8 Å². The van der Waals surface area contributed by atoms with Crippen LogP contribution in [0.4, 0.5) is 0 Å². The molecule has 0 fully saturated rings. The maximum atomic E-state index is 11.1. The van der Waals surface area contributed by atoms with Crippen molar-refractivity contribution in [2.24, 2.45) is 0 Å². The van der Waals surface area contributed by atoms with Gasteiger partial charge in [0.05, 0.1) is 5.56 Å². The van der Waals surface area contributed by atoms with E-state index in [1.807, 2.05) is 13.0 Å². The topological polar surface area (TPSA) is 26.3 Å². The lowest BCUT2D eigenvalue weighted by molar-refractivity contribution is 0.107. The first-order valence-corrected chi connectivity index (χ1v) is 5.02. The van der Waals surface area contributed by atoms with Crippen LogP contribution in [0.15, 0.2) is 12.1 Å². The molecule has 2 nitrogen and oxygen atoms in total. The highest BCUT2D eigenvalue weighted by atomic mass is 35.5. The SMILES string of the molecule is CC1Cc2cc(Cl)cc(C(=O)Cl)c2O1. The molecule has 1 aliphatic rings. The average molecular weight is 231 g/mol. The zero-order valence-electron chi connectivity index (χ0n) is 7.51. The maximum Gasteiger partial charge on any atom is 0.256 e. The van der Waals surface area contributed by atoms with Gasteiger partial charge < -0.3 is 4.74 Å². The van der Waals surface area contributed by atoms with Crippen molar-refractivity contribution in [3.8, 4) is 5.75 Å². The van der Waals surface area contributed by atoms with Crippen LogP contribution in [-0.2, 0) is 6.42 Å². The van der Waals surface area contributed by atoms with Crippen molar-refractivity contribution in [1.29, 1.82) is 0 Å². The molecule has 0 aromatic heterocycles. The molecule has 0 radical (unpaired) electrons. The third kappa shape index (κ3) is 1.60. The highest BCUT2D eigenvalue weighted by Gasteiger charge is 2.25. The van der Waals surface area contributed by atoms with Crippen LogP contribution in [0, 0.1) is 0 Å². The zero-order chi connectivity index (χ0) is 10.3. The number of halogens is 2. The Morgan fingerprint density at radius 3 is 2.93 bits per heavy atom. The molecule has 14 heavy (non-hydrogen) atoms. The van der Waals surface area contributed by atoms with Crippen LogP contribution in [0.25, 0.3) is 0 Å². The zero-order valence-corrected chi connectivity index (χ0v) is 9.02. The van der Waals surface area contributed by atoms with Crippen molar-refractivity contribution in [2.75, 3.05) is 0 Å². The molecule has 1 unspecified atom stereocenters. The second kappa shape index (κ2) is 3.44. The second-order valence-electron chi connectivity index (χ2n) is 3.35. The smallest absolute Gasteiger partial charge is 0.256 e. The van der Waals surface area contributed by atoms with Crippen LogP contribution >= 0.6 is 23.2 Å². The van der Waals surface area contributed by atoms with E-state index in [-0.39, 0.29) is 6.10 Å². The fourth-order valence-corrected chi connectivity index (χ4v) is 2.02. The Morgan fingerprint density at radius 1 is 1.57 bits per heavy atom. The van der Waals surface area contributed by atoms with Crippen molar-refractivity contribution in [3.05, 3.63) is 28.3 Å². The minimum atomic E-state index is -0.530. The van der Waals surface area contributed by atoms with Crippen molar-refractivity contribution in [3.63, 3.8) is 0 Å². The summed E-state index contributed by atoms with van der Waals surface area (Å²) in [6.45, 7) is 1.94. The van der Waals surface area contributed by atoms with Gasteiger partial charge in [-0.15, -0.1) is 0 Å². The Morgan fingerprint density at radius 2 is 2.29 bits per heavy atom. The Bertz CT molecular complexity index is 401. The molecular weight excluding hydrogens is 223 g/mol. The van der Waals surface area contributed by atoms with Crippen LogP contribution in [0.5, 0.6) is 5.75 Å². The number of benzene rings is 1. The minimum absolute atomic E-state index is 0.0817. The van der Waals surface area contributed by atoms with E-state index in [9.17, 15) is 4.79 Å². The summed E-state index contributed by atoms with van der Waals surface area (Å²) in [6.07, 6.45) is 0.853. The molecule has 0 saturated carbocycles. The summed E-state index contributed by atoms with van der Waals surface area (Å²) in [6, 6.07) is 3.34. The molecule has 1 aliphatic heterocycles. The fourth-order valence-electron chi connectivity index (χ4n) is 1.64. The lowest BCUT2D eigenvalue weighted by atomic mass is 10.1. The number of rotatable bonds is 1. The van der Waals surface area contributed by atoms with Crippen LogP contribution < -0.4 is 4.74 Å². The van der Waals surface area contributed by atoms with Gasteiger partial charge >= 0.3 is 0 Å². The molecule has 1 aromatic carbocycles. The third-order valence-electron chi connectivity index (χ3n) is 2.17. The quantitative estimate of drug-likeness (QED) is 0.694. The summed E-state index contributed by atoms with van der Waals surface area (Å²) in [5.74, 6) is 0.585. The summed E-state index contributed by atoms with van der Waals surface area (Å²) in [7, 11) is 0. The van der Waals surface area contributed by atoms with Gasteiger partial charge in [-0.2, -0.15) is 0 Å². The first-order valence-electron chi connectivity index (χ1n) is 4.27. The molecular formula is C10H8Cl2O2. The van der Waals surface area contributed by atoms with Crippen LogP contribution in [0.2, 0.25) is 5.02 Å². The molecule has 0 spiro atoms. The Hall–Kier alpha value is -0.730. The summed E-state index contributed by atoms with van der Waals surface area (Å²) in [5.41, 5.74) is 1.31. The van der Waals surface area contributed by atoms with Crippen molar-refractivity contribution in [2.45, 2.75) is 19.4 Å². The summed E-state index contributed by atoms with van der Waals surface area (Å²) in [4.78, 5) is 11.1. The lowest BCUT2D eigenvalue weighted by Gasteiger charge is -2.06. The number of fused-ring (bicyclic) bond motifs is 1. The number of ether oxygens (including phenoxy) is 1. The Kier molecular flexibility index (Phi) is 2.41. The van der Waals surface area contributed by atoms with E-state index in [1.54, 1.807) is 0 Å². The van der Waals surface area contributed by atoms with Crippen LogP contribution in [0.1, 0.15) is 22.8 Å². The van der Waals surface area contributed by atoms with E-state index in [1.165, 1.54) is 6.07 Å². The normalized spacial score (nSPS) is 18.9. The van der Waals surface area contributed by atoms with Crippen molar-refractivity contribution < 1.29 is 9.53 Å². The molecule has 0 N–H and O–H groups in total. The van der Waals surface area contributed by atoms with E-state index in [0.29, 0.717) is 16.3 Å². The van der Waals surface area contributed by atoms with Gasteiger partial charge in [0.25, 0.3) is 5.24 Å². The highest BCUT2D eigenvalue weighted by molar-refractivity contribution is 6.68. The van der Waals surface area contributed by atoms with Gasteiger partial charge in [0.1, 0.15) is 11.9 Å². The number of carbonyl (C=O) groups is 1. The summed E-state index contributed by atoms with van der Waals surface area (Å²) < 4.78 is 5.49. The van der Waals surface area contributed by atoms with Gasteiger partial charge in [-0.25, -0.2) is 0 Å². The summed E-state index contributed by atoms with van der Waals surface area (Å²) >= 11 is 11.3. The first kappa shape index (κ1) is 9.81. The molecule has 1 aromatic rings. The molecule has 1 atom stereocenters. The fraction of sp³-hybridized carbons (Fsp3) is 0.300. The van der Waals surface area contributed by atoms with E-state index < -0.39 is 5.24 Å². The molecule has 1 heterocycles.